The van der Waals surface area contributed by atoms with Crippen LogP contribution < -0.4 is 10.4 Å². The molecule has 4 rings (SSSR count). The van der Waals surface area contributed by atoms with Crippen molar-refractivity contribution in [2.24, 2.45) is 0 Å². The number of phenols is 1. The minimum absolute atomic E-state index is 0.270. The van der Waals surface area contributed by atoms with E-state index in [0.29, 0.717) is 0 Å². The summed E-state index contributed by atoms with van der Waals surface area (Å²) in [5.41, 5.74) is 1.17. The fourth-order valence-corrected chi connectivity index (χ4v) is 4.85. The van der Waals surface area contributed by atoms with Gasteiger partial charge in [-0.15, -0.1) is 0 Å². The Hall–Kier alpha value is -1.28. The van der Waals surface area contributed by atoms with Gasteiger partial charge in [0.15, 0.2) is 0 Å². The minimum atomic E-state index is -0.452. The van der Waals surface area contributed by atoms with E-state index in [-0.39, 0.29) is 17.0 Å². The van der Waals surface area contributed by atoms with Gasteiger partial charge in [-0.05, 0) is 90.7 Å². The van der Waals surface area contributed by atoms with E-state index < -0.39 is 7.12 Å². The van der Waals surface area contributed by atoms with Gasteiger partial charge < -0.3 is 24.2 Å². The largest absolute Gasteiger partial charge is 0.508 e. The van der Waals surface area contributed by atoms with Crippen molar-refractivity contribution in [3.05, 3.63) is 18.2 Å². The Bertz CT molecular complexity index is 728. The summed E-state index contributed by atoms with van der Waals surface area (Å²) in [6.45, 7) is 17.3. The molecule has 0 aliphatic carbocycles. The number of likely N-dealkylation sites (tertiary alicyclic amines) is 1. The zero-order valence-electron chi connectivity index (χ0n) is 19.9. The Balaban J connectivity index is 1.30. The molecule has 1 aromatic carbocycles. The van der Waals surface area contributed by atoms with Crippen LogP contribution in [0.15, 0.2) is 18.2 Å². The highest BCUT2D eigenvalue weighted by Gasteiger charge is 2.51. The van der Waals surface area contributed by atoms with E-state index >= 15 is 0 Å². The van der Waals surface area contributed by atoms with Crippen LogP contribution in [0.2, 0.25) is 0 Å². The molecule has 0 spiro atoms. The summed E-state index contributed by atoms with van der Waals surface area (Å²) in [4.78, 5) is 7.58. The van der Waals surface area contributed by atoms with E-state index in [1.807, 2.05) is 6.07 Å². The van der Waals surface area contributed by atoms with Crippen molar-refractivity contribution in [1.82, 2.24) is 9.80 Å². The molecule has 0 amide bonds. The number of rotatable bonds is 6. The van der Waals surface area contributed by atoms with Crippen LogP contribution >= 0.6 is 0 Å². The number of phenolic OH excluding ortho intramolecular Hbond substituents is 1. The normalized spacial score (nSPS) is 24.6. The number of hydrogen-bond acceptors (Lipinski definition) is 6. The molecule has 0 atom stereocenters. The standard InChI is InChI=1S/C24H40BN3O3/c1-23(2)24(3,4)31-25(30-23)20-17-21(19-22(29)18-20)28-15-13-27(14-16-28)12-8-11-26-9-6-5-7-10-26/h17-19,29H,5-16H2,1-4H3. The Labute approximate surface area is 188 Å². The van der Waals surface area contributed by atoms with Gasteiger partial charge in [0, 0.05) is 37.9 Å². The molecule has 1 aromatic rings. The maximum atomic E-state index is 10.4. The molecule has 7 heteroatoms. The second kappa shape index (κ2) is 9.30. The molecule has 3 heterocycles. The van der Waals surface area contributed by atoms with E-state index in [1.165, 1.54) is 51.9 Å². The van der Waals surface area contributed by atoms with Crippen molar-refractivity contribution in [2.75, 3.05) is 57.3 Å². The van der Waals surface area contributed by atoms with Crippen molar-refractivity contribution < 1.29 is 14.4 Å². The number of benzene rings is 1. The van der Waals surface area contributed by atoms with Crippen LogP contribution in [-0.4, -0.2) is 85.6 Å². The first-order valence-electron chi connectivity index (χ1n) is 12.1. The molecule has 3 aliphatic heterocycles. The maximum absolute atomic E-state index is 10.4. The molecule has 0 saturated carbocycles. The summed E-state index contributed by atoms with van der Waals surface area (Å²) in [5.74, 6) is 0.270. The van der Waals surface area contributed by atoms with Crippen LogP contribution in [0.5, 0.6) is 5.75 Å². The van der Waals surface area contributed by atoms with E-state index in [2.05, 4.69) is 48.5 Å². The quantitative estimate of drug-likeness (QED) is 0.702. The van der Waals surface area contributed by atoms with Gasteiger partial charge in [-0.25, -0.2) is 0 Å². The molecule has 0 bridgehead atoms. The summed E-state index contributed by atoms with van der Waals surface area (Å²) < 4.78 is 12.4. The number of piperidine rings is 1. The smallest absolute Gasteiger partial charge is 0.495 e. The zero-order valence-corrected chi connectivity index (χ0v) is 19.9. The van der Waals surface area contributed by atoms with Gasteiger partial charge in [0.05, 0.1) is 11.2 Å². The third-order valence-electron chi connectivity index (χ3n) is 7.59. The predicted molar refractivity (Wildman–Crippen MR) is 127 cm³/mol. The second-order valence-electron chi connectivity index (χ2n) is 10.5. The predicted octanol–water partition coefficient (Wildman–Crippen LogP) is 2.69. The van der Waals surface area contributed by atoms with Crippen LogP contribution in [0, 0.1) is 0 Å². The van der Waals surface area contributed by atoms with Crippen molar-refractivity contribution in [2.45, 2.75) is 64.6 Å². The molecule has 3 saturated heterocycles. The number of hydrogen-bond donors (Lipinski definition) is 1. The molecule has 3 aliphatic rings. The molecule has 0 radical (unpaired) electrons. The summed E-state index contributed by atoms with van der Waals surface area (Å²) in [5, 5.41) is 10.4. The molecule has 6 nitrogen and oxygen atoms in total. The maximum Gasteiger partial charge on any atom is 0.495 e. The second-order valence-corrected chi connectivity index (χ2v) is 10.5. The van der Waals surface area contributed by atoms with Crippen LogP contribution in [0.1, 0.15) is 53.4 Å². The first-order valence-corrected chi connectivity index (χ1v) is 12.1. The molecule has 3 fully saturated rings. The number of nitrogens with zero attached hydrogens (tertiary/aromatic N) is 3. The lowest BCUT2D eigenvalue weighted by atomic mass is 9.78. The third-order valence-corrected chi connectivity index (χ3v) is 7.59. The summed E-state index contributed by atoms with van der Waals surface area (Å²) >= 11 is 0. The monoisotopic (exact) mass is 429 g/mol. The van der Waals surface area contributed by atoms with Crippen LogP contribution in [0.25, 0.3) is 0 Å². The zero-order chi connectivity index (χ0) is 22.1. The highest BCUT2D eigenvalue weighted by molar-refractivity contribution is 6.62. The van der Waals surface area contributed by atoms with Gasteiger partial charge in [0.1, 0.15) is 5.75 Å². The summed E-state index contributed by atoms with van der Waals surface area (Å²) in [6.07, 6.45) is 5.41. The van der Waals surface area contributed by atoms with Gasteiger partial charge in [0.25, 0.3) is 0 Å². The first-order chi connectivity index (χ1) is 14.7. The van der Waals surface area contributed by atoms with Crippen molar-refractivity contribution in [3.63, 3.8) is 0 Å². The Morgan fingerprint density at radius 2 is 1.39 bits per heavy atom. The molecular formula is C24H40BN3O3. The lowest BCUT2D eigenvalue weighted by Gasteiger charge is -2.37. The number of piperazine rings is 1. The van der Waals surface area contributed by atoms with Gasteiger partial charge >= 0.3 is 7.12 Å². The highest BCUT2D eigenvalue weighted by Crippen LogP contribution is 2.37. The van der Waals surface area contributed by atoms with Gasteiger partial charge in [-0.2, -0.15) is 0 Å². The molecule has 1 N–H and O–H groups in total. The van der Waals surface area contributed by atoms with Crippen LogP contribution in [-0.2, 0) is 9.31 Å². The summed E-state index contributed by atoms with van der Waals surface area (Å²) in [6, 6.07) is 5.75. The van der Waals surface area contributed by atoms with Crippen LogP contribution in [0.3, 0.4) is 0 Å². The molecule has 31 heavy (non-hydrogen) atoms. The van der Waals surface area contributed by atoms with E-state index in [0.717, 1.165) is 37.3 Å². The highest BCUT2D eigenvalue weighted by atomic mass is 16.7. The average Bonchev–Trinajstić information content (AvgIpc) is 2.96. The van der Waals surface area contributed by atoms with Crippen molar-refractivity contribution in [1.29, 1.82) is 0 Å². The Morgan fingerprint density at radius 3 is 2.00 bits per heavy atom. The third kappa shape index (κ3) is 5.38. The van der Waals surface area contributed by atoms with Crippen molar-refractivity contribution >= 4 is 18.3 Å². The lowest BCUT2D eigenvalue weighted by molar-refractivity contribution is 0.00578. The average molecular weight is 429 g/mol. The van der Waals surface area contributed by atoms with Gasteiger partial charge in [-0.3, -0.25) is 4.90 Å². The van der Waals surface area contributed by atoms with Gasteiger partial charge in [0.2, 0.25) is 0 Å². The van der Waals surface area contributed by atoms with Crippen molar-refractivity contribution in [3.8, 4) is 5.75 Å². The first kappa shape index (κ1) is 22.9. The molecular weight excluding hydrogens is 389 g/mol. The molecule has 0 aromatic heterocycles. The fraction of sp³-hybridized carbons (Fsp3) is 0.750. The van der Waals surface area contributed by atoms with Crippen LogP contribution in [0.4, 0.5) is 5.69 Å². The van der Waals surface area contributed by atoms with Gasteiger partial charge in [-0.1, -0.05) is 6.42 Å². The Kier molecular flexibility index (Phi) is 6.87. The number of aromatic hydroxyl groups is 1. The lowest BCUT2D eigenvalue weighted by Crippen LogP contribution is -2.47. The molecule has 172 valence electrons. The SMILES string of the molecule is CC1(C)OB(c2cc(O)cc(N3CCN(CCCN4CCCCC4)CC3)c2)OC1(C)C. The topological polar surface area (TPSA) is 48.4 Å². The van der Waals surface area contributed by atoms with E-state index in [4.69, 9.17) is 9.31 Å². The minimum Gasteiger partial charge on any atom is -0.508 e. The Morgan fingerprint density at radius 1 is 0.806 bits per heavy atom. The molecule has 0 unspecified atom stereocenters. The van der Waals surface area contributed by atoms with E-state index in [1.54, 1.807) is 6.07 Å². The number of anilines is 1. The summed E-state index contributed by atoms with van der Waals surface area (Å²) in [7, 11) is -0.452. The fourth-order valence-electron chi connectivity index (χ4n) is 4.85. The van der Waals surface area contributed by atoms with E-state index in [9.17, 15) is 5.11 Å².